The van der Waals surface area contributed by atoms with Crippen LogP contribution >= 0.6 is 22.7 Å². The van der Waals surface area contributed by atoms with E-state index in [9.17, 15) is 13.2 Å². The first-order valence-electron chi connectivity index (χ1n) is 7.88. The summed E-state index contributed by atoms with van der Waals surface area (Å²) in [5, 5.41) is 3.66. The number of ether oxygens (including phenoxy) is 1. The fourth-order valence-electron chi connectivity index (χ4n) is 2.26. The van der Waals surface area contributed by atoms with E-state index in [2.05, 4.69) is 4.72 Å². The van der Waals surface area contributed by atoms with Crippen LogP contribution in [0.1, 0.15) is 27.0 Å². The Hall–Kier alpha value is -2.00. The lowest BCUT2D eigenvalue weighted by molar-refractivity contribution is 0.104. The minimum Gasteiger partial charge on any atom is -0.494 e. The maximum atomic E-state index is 12.4. The Balaban J connectivity index is 1.65. The molecule has 0 fully saturated rings. The lowest BCUT2D eigenvalue weighted by atomic mass is 10.2. The molecule has 0 saturated carbocycles. The summed E-state index contributed by atoms with van der Waals surface area (Å²) in [6.07, 6.45) is 0. The van der Waals surface area contributed by atoms with Crippen LogP contribution < -0.4 is 9.46 Å². The number of rotatable bonds is 8. The van der Waals surface area contributed by atoms with E-state index in [-0.39, 0.29) is 17.2 Å². The number of carbonyl (C=O) groups is 1. The van der Waals surface area contributed by atoms with Gasteiger partial charge in [0.15, 0.2) is 0 Å². The van der Waals surface area contributed by atoms with Gasteiger partial charge < -0.3 is 4.74 Å². The van der Waals surface area contributed by atoms with Crippen molar-refractivity contribution < 1.29 is 17.9 Å². The van der Waals surface area contributed by atoms with Crippen molar-refractivity contribution in [1.82, 2.24) is 4.72 Å². The number of hydrogen-bond acceptors (Lipinski definition) is 6. The monoisotopic (exact) mass is 407 g/mol. The fourth-order valence-corrected chi connectivity index (χ4v) is 4.91. The molecule has 8 heteroatoms. The zero-order valence-corrected chi connectivity index (χ0v) is 16.4. The van der Waals surface area contributed by atoms with E-state index in [4.69, 9.17) is 4.74 Å². The minimum absolute atomic E-state index is 0.0446. The number of thiophene rings is 2. The van der Waals surface area contributed by atoms with Crippen molar-refractivity contribution in [2.24, 2.45) is 0 Å². The lowest BCUT2D eigenvalue weighted by Gasteiger charge is -2.07. The van der Waals surface area contributed by atoms with E-state index in [0.29, 0.717) is 22.8 Å². The second kappa shape index (κ2) is 8.13. The van der Waals surface area contributed by atoms with Gasteiger partial charge in [-0.05, 0) is 54.8 Å². The Morgan fingerprint density at radius 3 is 2.54 bits per heavy atom. The third kappa shape index (κ3) is 4.39. The number of sulfonamides is 1. The molecule has 0 saturated heterocycles. The number of carbonyl (C=O) groups excluding carboxylic acids is 1. The van der Waals surface area contributed by atoms with Crippen LogP contribution in [0.2, 0.25) is 0 Å². The zero-order chi connectivity index (χ0) is 18.6. The molecule has 0 radical (unpaired) electrons. The van der Waals surface area contributed by atoms with Gasteiger partial charge in [0.05, 0.1) is 16.4 Å². The molecule has 0 bridgehead atoms. The SMILES string of the molecule is CCOc1ccc(S(=O)(=O)NCc2ccc(C(=O)c3ccsc3)s2)cc1. The summed E-state index contributed by atoms with van der Waals surface area (Å²) in [6.45, 7) is 2.52. The highest BCUT2D eigenvalue weighted by Crippen LogP contribution is 2.22. The first-order chi connectivity index (χ1) is 12.5. The normalized spacial score (nSPS) is 11.4. The quantitative estimate of drug-likeness (QED) is 0.575. The van der Waals surface area contributed by atoms with E-state index in [1.54, 1.807) is 35.7 Å². The van der Waals surface area contributed by atoms with Crippen molar-refractivity contribution in [2.45, 2.75) is 18.4 Å². The molecule has 3 aromatic rings. The van der Waals surface area contributed by atoms with Crippen molar-refractivity contribution in [2.75, 3.05) is 6.61 Å². The van der Waals surface area contributed by atoms with Crippen LogP contribution in [0, 0.1) is 0 Å². The van der Waals surface area contributed by atoms with E-state index >= 15 is 0 Å². The Bertz CT molecular complexity index is 974. The minimum atomic E-state index is -3.63. The molecule has 0 aliphatic rings. The van der Waals surface area contributed by atoms with Gasteiger partial charge >= 0.3 is 0 Å². The highest BCUT2D eigenvalue weighted by molar-refractivity contribution is 7.89. The predicted molar refractivity (Wildman–Crippen MR) is 104 cm³/mol. The molecule has 1 N–H and O–H groups in total. The van der Waals surface area contributed by atoms with Crippen molar-refractivity contribution >= 4 is 38.5 Å². The standard InChI is InChI=1S/C18H17NO4S3/c1-2-23-14-3-6-16(7-4-14)26(21,22)19-11-15-5-8-17(25-15)18(20)13-9-10-24-12-13/h3-10,12,19H,2,11H2,1H3. The largest absolute Gasteiger partial charge is 0.494 e. The van der Waals surface area contributed by atoms with Crippen LogP contribution in [0.4, 0.5) is 0 Å². The van der Waals surface area contributed by atoms with Crippen molar-refractivity contribution in [3.05, 3.63) is 68.5 Å². The van der Waals surface area contributed by atoms with Crippen LogP contribution in [0.3, 0.4) is 0 Å². The lowest BCUT2D eigenvalue weighted by Crippen LogP contribution is -2.22. The van der Waals surface area contributed by atoms with Gasteiger partial charge in [0.2, 0.25) is 15.8 Å². The molecule has 26 heavy (non-hydrogen) atoms. The van der Waals surface area contributed by atoms with E-state index in [0.717, 1.165) is 4.88 Å². The maximum absolute atomic E-state index is 12.4. The Kier molecular flexibility index (Phi) is 5.87. The third-order valence-electron chi connectivity index (χ3n) is 3.55. The van der Waals surface area contributed by atoms with Crippen LogP contribution in [-0.4, -0.2) is 20.8 Å². The number of ketones is 1. The summed E-state index contributed by atoms with van der Waals surface area (Å²) < 4.78 is 32.7. The van der Waals surface area contributed by atoms with E-state index < -0.39 is 10.0 Å². The van der Waals surface area contributed by atoms with Gasteiger partial charge in [-0.1, -0.05) is 0 Å². The van der Waals surface area contributed by atoms with Crippen LogP contribution in [0.25, 0.3) is 0 Å². The zero-order valence-electron chi connectivity index (χ0n) is 14.0. The van der Waals surface area contributed by atoms with Crippen molar-refractivity contribution in [3.8, 4) is 5.75 Å². The van der Waals surface area contributed by atoms with Gasteiger partial charge in [0.25, 0.3) is 0 Å². The average molecular weight is 408 g/mol. The summed E-state index contributed by atoms with van der Waals surface area (Å²) in [4.78, 5) is 13.8. The highest BCUT2D eigenvalue weighted by atomic mass is 32.2. The summed E-state index contributed by atoms with van der Waals surface area (Å²) in [6, 6.07) is 11.5. The number of benzene rings is 1. The smallest absolute Gasteiger partial charge is 0.240 e. The maximum Gasteiger partial charge on any atom is 0.240 e. The van der Waals surface area contributed by atoms with Crippen LogP contribution in [0.15, 0.2) is 58.1 Å². The molecule has 0 aliphatic carbocycles. The number of hydrogen-bond donors (Lipinski definition) is 1. The van der Waals surface area contributed by atoms with Crippen LogP contribution in [0.5, 0.6) is 5.75 Å². The average Bonchev–Trinajstić information content (AvgIpc) is 3.32. The predicted octanol–water partition coefficient (Wildman–Crippen LogP) is 3.92. The van der Waals surface area contributed by atoms with Gasteiger partial charge in [0.1, 0.15) is 5.75 Å². The van der Waals surface area contributed by atoms with Gasteiger partial charge in [-0.2, -0.15) is 11.3 Å². The molecule has 2 aromatic heterocycles. The molecular formula is C18H17NO4S3. The second-order valence-electron chi connectivity index (χ2n) is 5.34. The van der Waals surface area contributed by atoms with E-state index in [1.807, 2.05) is 12.3 Å². The molecule has 0 aliphatic heterocycles. The summed E-state index contributed by atoms with van der Waals surface area (Å²) in [5.41, 5.74) is 0.651. The first kappa shape index (κ1) is 18.8. The van der Waals surface area contributed by atoms with Gasteiger partial charge in [-0.3, -0.25) is 4.79 Å². The summed E-state index contributed by atoms with van der Waals surface area (Å²) >= 11 is 2.76. The Morgan fingerprint density at radius 2 is 1.88 bits per heavy atom. The topological polar surface area (TPSA) is 72.5 Å². The molecule has 0 amide bonds. The fraction of sp³-hybridized carbons (Fsp3) is 0.167. The third-order valence-corrected chi connectivity index (χ3v) is 6.73. The Morgan fingerprint density at radius 1 is 1.12 bits per heavy atom. The van der Waals surface area contributed by atoms with Crippen LogP contribution in [-0.2, 0) is 16.6 Å². The molecule has 1 aromatic carbocycles. The summed E-state index contributed by atoms with van der Waals surface area (Å²) in [7, 11) is -3.63. The van der Waals surface area contributed by atoms with Gasteiger partial charge in [-0.15, -0.1) is 11.3 Å². The van der Waals surface area contributed by atoms with E-state index in [1.165, 1.54) is 34.8 Å². The Labute approximate surface area is 160 Å². The molecule has 0 unspecified atom stereocenters. The molecule has 136 valence electrons. The molecule has 3 rings (SSSR count). The molecule has 2 heterocycles. The first-order valence-corrected chi connectivity index (χ1v) is 11.1. The van der Waals surface area contributed by atoms with Gasteiger partial charge in [-0.25, -0.2) is 13.1 Å². The molecule has 5 nitrogen and oxygen atoms in total. The second-order valence-corrected chi connectivity index (χ2v) is 9.05. The summed E-state index contributed by atoms with van der Waals surface area (Å²) in [5.74, 6) is 0.582. The van der Waals surface area contributed by atoms with Gasteiger partial charge in [0, 0.05) is 22.4 Å². The van der Waals surface area contributed by atoms with Crippen molar-refractivity contribution in [3.63, 3.8) is 0 Å². The molecule has 0 spiro atoms. The highest BCUT2D eigenvalue weighted by Gasteiger charge is 2.16. The number of nitrogens with one attached hydrogen (secondary N) is 1. The molecular weight excluding hydrogens is 390 g/mol. The van der Waals surface area contributed by atoms with Crippen molar-refractivity contribution in [1.29, 1.82) is 0 Å². The molecule has 0 atom stereocenters.